The highest BCUT2D eigenvalue weighted by molar-refractivity contribution is 7.98. The highest BCUT2D eigenvalue weighted by atomic mass is 32.2. The van der Waals surface area contributed by atoms with Crippen LogP contribution in [-0.4, -0.2) is 47.0 Å². The van der Waals surface area contributed by atoms with Crippen molar-refractivity contribution in [3.8, 4) is 5.75 Å². The van der Waals surface area contributed by atoms with Crippen molar-refractivity contribution in [2.24, 2.45) is 0 Å². The van der Waals surface area contributed by atoms with Crippen LogP contribution in [0, 0.1) is 0 Å². The molecule has 0 fully saturated rings. The SMILES string of the molecule is C=CCCC1CN(c2ccccc2)c2cc(SC)c(O/C=C(\F)C(=O)OCC)cc2S(=O)N1C. The molecule has 0 radical (unpaired) electrons. The number of allylic oxidation sites excluding steroid dienone is 1. The topological polar surface area (TPSA) is 59.1 Å². The van der Waals surface area contributed by atoms with Gasteiger partial charge in [-0.3, -0.25) is 0 Å². The second kappa shape index (κ2) is 12.2. The molecule has 0 amide bonds. The first-order valence-corrected chi connectivity index (χ1v) is 13.2. The molecule has 2 aromatic rings. The highest BCUT2D eigenvalue weighted by Gasteiger charge is 2.32. The molecule has 2 atom stereocenters. The van der Waals surface area contributed by atoms with Gasteiger partial charge in [-0.15, -0.1) is 18.3 Å². The Kier molecular flexibility index (Phi) is 9.32. The van der Waals surface area contributed by atoms with Gasteiger partial charge in [0.1, 0.15) is 23.0 Å². The second-order valence-electron chi connectivity index (χ2n) is 7.54. The normalized spacial score (nSPS) is 18.7. The van der Waals surface area contributed by atoms with Crippen molar-refractivity contribution in [2.45, 2.75) is 35.6 Å². The van der Waals surface area contributed by atoms with Crippen LogP contribution >= 0.6 is 11.8 Å². The second-order valence-corrected chi connectivity index (χ2v) is 9.90. The van der Waals surface area contributed by atoms with Gasteiger partial charge in [-0.25, -0.2) is 13.3 Å². The average molecular weight is 505 g/mol. The van der Waals surface area contributed by atoms with Crippen molar-refractivity contribution in [1.29, 1.82) is 0 Å². The van der Waals surface area contributed by atoms with Crippen molar-refractivity contribution >= 4 is 40.1 Å². The molecule has 0 aliphatic carbocycles. The molecule has 1 aliphatic rings. The lowest BCUT2D eigenvalue weighted by atomic mass is 10.1. The molecule has 9 heteroatoms. The maximum absolute atomic E-state index is 14.1. The molecular weight excluding hydrogens is 475 g/mol. The Bertz CT molecular complexity index is 1080. The van der Waals surface area contributed by atoms with Crippen LogP contribution in [0.5, 0.6) is 5.75 Å². The molecule has 0 saturated carbocycles. The summed E-state index contributed by atoms with van der Waals surface area (Å²) in [6, 6.07) is 13.5. The van der Waals surface area contributed by atoms with E-state index < -0.39 is 22.8 Å². The quantitative estimate of drug-likeness (QED) is 0.146. The predicted octanol–water partition coefficient (Wildman–Crippen LogP) is 5.60. The molecule has 2 unspecified atom stereocenters. The number of rotatable bonds is 9. The summed E-state index contributed by atoms with van der Waals surface area (Å²) < 4.78 is 39.7. The van der Waals surface area contributed by atoms with Crippen LogP contribution in [0.1, 0.15) is 19.8 Å². The Balaban J connectivity index is 2.09. The summed E-state index contributed by atoms with van der Waals surface area (Å²) in [6.07, 6.45) is 6.07. The van der Waals surface area contributed by atoms with Crippen LogP contribution in [0.4, 0.5) is 15.8 Å². The first kappa shape index (κ1) is 26.0. The van der Waals surface area contributed by atoms with Crippen LogP contribution in [0.3, 0.4) is 0 Å². The molecule has 6 nitrogen and oxygen atoms in total. The lowest BCUT2D eigenvalue weighted by molar-refractivity contribution is -0.140. The first-order chi connectivity index (χ1) is 16.4. The fraction of sp³-hybridized carbons (Fsp3) is 0.320. The molecule has 34 heavy (non-hydrogen) atoms. The number of ether oxygens (including phenoxy) is 2. The van der Waals surface area contributed by atoms with Gasteiger partial charge in [0.15, 0.2) is 0 Å². The largest absolute Gasteiger partial charge is 0.461 e. The van der Waals surface area contributed by atoms with Gasteiger partial charge in [0, 0.05) is 31.4 Å². The summed E-state index contributed by atoms with van der Waals surface area (Å²) in [5, 5.41) is 0. The zero-order valence-electron chi connectivity index (χ0n) is 19.5. The number of fused-ring (bicyclic) bond motifs is 1. The molecular formula is C25H29FN2O4S2. The number of halogens is 1. The van der Waals surface area contributed by atoms with Gasteiger partial charge in [0.2, 0.25) is 5.83 Å². The standard InChI is InChI=1S/C25H29FN2O4S2/c1-5-7-11-19-16-28(18-12-9-8-10-13-18)21-14-23(33-4)22(15-24(21)34(30)27(19)3)32-17-20(26)25(29)31-6-2/h5,8-10,12-15,17,19H,1,6-7,11,16H2,2-4H3/b20-17-. The summed E-state index contributed by atoms with van der Waals surface area (Å²) in [5.41, 5.74) is 1.78. The van der Waals surface area contributed by atoms with Crippen LogP contribution in [0.25, 0.3) is 0 Å². The highest BCUT2D eigenvalue weighted by Crippen LogP contribution is 2.42. The number of nitrogens with zero attached hydrogens (tertiary/aromatic N) is 2. The zero-order valence-corrected chi connectivity index (χ0v) is 21.2. The van der Waals surface area contributed by atoms with E-state index in [2.05, 4.69) is 16.2 Å². The predicted molar refractivity (Wildman–Crippen MR) is 136 cm³/mol. The monoisotopic (exact) mass is 504 g/mol. The van der Waals surface area contributed by atoms with Gasteiger partial charge in [-0.1, -0.05) is 24.3 Å². The van der Waals surface area contributed by atoms with E-state index in [0.717, 1.165) is 35.4 Å². The van der Waals surface area contributed by atoms with Crippen molar-refractivity contribution in [3.63, 3.8) is 0 Å². The lowest BCUT2D eigenvalue weighted by Gasteiger charge is -2.29. The Hall–Kier alpha value is -2.62. The third-order valence-corrected chi connectivity index (χ3v) is 7.71. The minimum atomic E-state index is -1.49. The van der Waals surface area contributed by atoms with E-state index in [1.807, 2.05) is 60.1 Å². The lowest BCUT2D eigenvalue weighted by Crippen LogP contribution is -2.38. The van der Waals surface area contributed by atoms with Gasteiger partial charge in [0.25, 0.3) is 0 Å². The Morgan fingerprint density at radius 3 is 2.71 bits per heavy atom. The molecule has 0 saturated heterocycles. The summed E-state index contributed by atoms with van der Waals surface area (Å²) in [5.74, 6) is -1.92. The summed E-state index contributed by atoms with van der Waals surface area (Å²) in [6.45, 7) is 6.12. The summed E-state index contributed by atoms with van der Waals surface area (Å²) in [7, 11) is 0.349. The van der Waals surface area contributed by atoms with Crippen LogP contribution in [0.15, 0.2) is 77.0 Å². The maximum atomic E-state index is 14.1. The fourth-order valence-corrected chi connectivity index (χ4v) is 5.49. The first-order valence-electron chi connectivity index (χ1n) is 10.9. The molecule has 1 heterocycles. The van der Waals surface area contributed by atoms with E-state index in [9.17, 15) is 13.4 Å². The summed E-state index contributed by atoms with van der Waals surface area (Å²) >= 11 is 1.41. The number of hydrogen-bond donors (Lipinski definition) is 0. The van der Waals surface area contributed by atoms with Crippen LogP contribution in [-0.2, 0) is 20.5 Å². The molecule has 0 spiro atoms. The van der Waals surface area contributed by atoms with Crippen molar-refractivity contribution in [1.82, 2.24) is 4.31 Å². The van der Waals surface area contributed by atoms with Gasteiger partial charge in [0.05, 0.1) is 22.1 Å². The van der Waals surface area contributed by atoms with E-state index in [1.165, 1.54) is 11.8 Å². The van der Waals surface area contributed by atoms with Crippen molar-refractivity contribution < 1.29 is 22.9 Å². The molecule has 2 aromatic carbocycles. The van der Waals surface area contributed by atoms with Crippen molar-refractivity contribution in [3.05, 3.63) is 67.2 Å². The number of benzene rings is 2. The number of hydrogen-bond acceptors (Lipinski definition) is 6. The van der Waals surface area contributed by atoms with Gasteiger partial charge >= 0.3 is 5.97 Å². The zero-order chi connectivity index (χ0) is 24.7. The minimum absolute atomic E-state index is 0.00897. The van der Waals surface area contributed by atoms with Gasteiger partial charge in [-0.2, -0.15) is 4.39 Å². The smallest absolute Gasteiger partial charge is 0.370 e. The molecule has 0 aromatic heterocycles. The summed E-state index contributed by atoms with van der Waals surface area (Å²) in [4.78, 5) is 15.0. The number of esters is 1. The molecule has 182 valence electrons. The van der Waals surface area contributed by atoms with E-state index in [1.54, 1.807) is 13.0 Å². The third kappa shape index (κ3) is 5.89. The van der Waals surface area contributed by atoms with Crippen molar-refractivity contribution in [2.75, 3.05) is 31.4 Å². The van der Waals surface area contributed by atoms with Crippen LogP contribution in [0.2, 0.25) is 0 Å². The number of carbonyl (C=O) groups excluding carboxylic acids is 1. The van der Waals surface area contributed by atoms with E-state index >= 15 is 0 Å². The minimum Gasteiger partial charge on any atom is -0.461 e. The number of likely N-dealkylation sites (N-methyl/N-ethyl adjacent to an activating group) is 1. The molecule has 1 aliphatic heterocycles. The number of carbonyl (C=O) groups is 1. The Morgan fingerprint density at radius 2 is 2.06 bits per heavy atom. The average Bonchev–Trinajstić information content (AvgIpc) is 2.96. The van der Waals surface area contributed by atoms with E-state index in [-0.39, 0.29) is 12.6 Å². The number of thioether (sulfide) groups is 1. The number of para-hydroxylation sites is 1. The van der Waals surface area contributed by atoms with E-state index in [4.69, 9.17) is 4.74 Å². The van der Waals surface area contributed by atoms with Gasteiger partial charge < -0.3 is 14.4 Å². The molecule has 0 N–H and O–H groups in total. The van der Waals surface area contributed by atoms with Crippen LogP contribution < -0.4 is 9.64 Å². The number of anilines is 2. The Morgan fingerprint density at radius 1 is 1.32 bits per heavy atom. The fourth-order valence-electron chi connectivity index (χ4n) is 3.65. The third-order valence-electron chi connectivity index (χ3n) is 5.42. The molecule has 3 rings (SSSR count). The Labute approximate surface area is 207 Å². The maximum Gasteiger partial charge on any atom is 0.370 e. The van der Waals surface area contributed by atoms with Gasteiger partial charge in [-0.05, 0) is 44.2 Å². The molecule has 0 bridgehead atoms. The van der Waals surface area contributed by atoms with E-state index in [0.29, 0.717) is 17.2 Å².